The number of amides is 2. The van der Waals surface area contributed by atoms with E-state index in [-0.39, 0.29) is 46.4 Å². The fourth-order valence-corrected chi connectivity index (χ4v) is 5.26. The molecule has 0 bridgehead atoms. The highest BCUT2D eigenvalue weighted by Crippen LogP contribution is 2.44. The molecule has 2 amide bonds. The number of nitrogens with zero attached hydrogens (tertiary/aromatic N) is 5. The number of benzene rings is 1. The average molecular weight is 583 g/mol. The van der Waals surface area contributed by atoms with Crippen molar-refractivity contribution in [1.29, 1.82) is 0 Å². The number of pyridine rings is 2. The molecule has 9 nitrogen and oxygen atoms in total. The number of hydrogen-bond donors (Lipinski definition) is 1. The molecule has 3 aromatic heterocycles. The number of carbonyl (C=O) groups excluding carboxylic acids is 2. The number of imidazole rings is 1. The number of rotatable bonds is 7. The van der Waals surface area contributed by atoms with E-state index in [0.717, 1.165) is 29.9 Å². The Hall–Kier alpha value is -4.55. The van der Waals surface area contributed by atoms with Crippen molar-refractivity contribution in [3.63, 3.8) is 0 Å². The molecule has 13 heteroatoms. The second-order valence-electron chi connectivity index (χ2n) is 11.1. The van der Waals surface area contributed by atoms with Crippen LogP contribution in [-0.4, -0.2) is 43.1 Å². The van der Waals surface area contributed by atoms with Gasteiger partial charge in [0, 0.05) is 5.56 Å². The van der Waals surface area contributed by atoms with Crippen LogP contribution in [0.5, 0.6) is 5.75 Å². The predicted octanol–water partition coefficient (Wildman–Crippen LogP) is 4.95. The summed E-state index contributed by atoms with van der Waals surface area (Å²) < 4.78 is 60.6. The van der Waals surface area contributed by atoms with Gasteiger partial charge in [-0.05, 0) is 68.9 Å². The lowest BCUT2D eigenvalue weighted by Gasteiger charge is -2.39. The van der Waals surface area contributed by atoms with E-state index in [1.807, 2.05) is 0 Å². The van der Waals surface area contributed by atoms with E-state index in [1.165, 1.54) is 17.0 Å². The zero-order valence-corrected chi connectivity index (χ0v) is 22.7. The summed E-state index contributed by atoms with van der Waals surface area (Å²) in [7, 11) is 0. The van der Waals surface area contributed by atoms with Crippen LogP contribution in [0.1, 0.15) is 48.4 Å². The standard InChI is InChI=1S/C29H26F4N6O3/c1-28(2)27(41)39(12-18-7-6-17(30)11-35-18)20-8-5-16(10-21(20)42-28)22-23(25(34)40)19(9-15-3-4-15)37-26-24(22)36-14-38(26)13-29(31,32)33/h5-8,10-11,14-15H,3-4,9,12-13H2,1-2H3,(H2,34,40). The van der Waals surface area contributed by atoms with Gasteiger partial charge in [-0.2, -0.15) is 13.2 Å². The Morgan fingerprint density at radius 2 is 1.93 bits per heavy atom. The quantitative estimate of drug-likeness (QED) is 0.308. The first-order chi connectivity index (χ1) is 19.8. The third kappa shape index (κ3) is 5.14. The van der Waals surface area contributed by atoms with Crippen LogP contribution in [0.2, 0.25) is 0 Å². The summed E-state index contributed by atoms with van der Waals surface area (Å²) >= 11 is 0. The van der Waals surface area contributed by atoms with Gasteiger partial charge in [-0.15, -0.1) is 0 Å². The molecule has 0 saturated heterocycles. The zero-order valence-electron chi connectivity index (χ0n) is 22.7. The summed E-state index contributed by atoms with van der Waals surface area (Å²) in [5.41, 5.74) is 6.55. The maximum atomic E-state index is 13.4. The molecular formula is C29H26F4N6O3. The van der Waals surface area contributed by atoms with E-state index in [1.54, 1.807) is 32.0 Å². The van der Waals surface area contributed by atoms with Crippen LogP contribution in [0.25, 0.3) is 22.3 Å². The van der Waals surface area contributed by atoms with Gasteiger partial charge in [0.1, 0.15) is 23.6 Å². The number of halogens is 4. The van der Waals surface area contributed by atoms with Crippen LogP contribution in [0.15, 0.2) is 42.9 Å². The molecule has 0 spiro atoms. The Labute approximate surface area is 237 Å². The Morgan fingerprint density at radius 3 is 2.57 bits per heavy atom. The Kier molecular flexibility index (Phi) is 6.43. The molecule has 1 aliphatic heterocycles. The molecule has 0 unspecified atom stereocenters. The van der Waals surface area contributed by atoms with E-state index in [0.29, 0.717) is 29.1 Å². The minimum atomic E-state index is -4.52. The van der Waals surface area contributed by atoms with Crippen LogP contribution in [0.4, 0.5) is 23.2 Å². The Balaban J connectivity index is 1.52. The van der Waals surface area contributed by atoms with Crippen molar-refractivity contribution >= 4 is 28.7 Å². The Morgan fingerprint density at radius 1 is 1.17 bits per heavy atom. The predicted molar refractivity (Wildman–Crippen MR) is 144 cm³/mol. The third-order valence-corrected chi connectivity index (χ3v) is 7.37. The highest BCUT2D eigenvalue weighted by atomic mass is 19.4. The lowest BCUT2D eigenvalue weighted by molar-refractivity contribution is -0.140. The van der Waals surface area contributed by atoms with E-state index in [4.69, 9.17) is 10.5 Å². The number of primary amides is 1. The second kappa shape index (κ2) is 9.78. The Bertz CT molecular complexity index is 1730. The molecule has 218 valence electrons. The topological polar surface area (TPSA) is 116 Å². The van der Waals surface area contributed by atoms with Crippen molar-refractivity contribution in [3.8, 4) is 16.9 Å². The maximum absolute atomic E-state index is 13.4. The number of fused-ring (bicyclic) bond motifs is 2. The fraction of sp³-hybridized carbons (Fsp3) is 0.345. The molecule has 1 aliphatic carbocycles. The lowest BCUT2D eigenvalue weighted by Crippen LogP contribution is -2.52. The third-order valence-electron chi connectivity index (χ3n) is 7.37. The lowest BCUT2D eigenvalue weighted by atomic mass is 9.94. The van der Waals surface area contributed by atoms with Gasteiger partial charge in [-0.3, -0.25) is 19.5 Å². The molecule has 2 aliphatic rings. The van der Waals surface area contributed by atoms with Gasteiger partial charge in [0.05, 0.1) is 41.7 Å². The van der Waals surface area contributed by atoms with E-state index in [2.05, 4.69) is 15.0 Å². The van der Waals surface area contributed by atoms with Crippen molar-refractivity contribution < 1.29 is 31.9 Å². The van der Waals surface area contributed by atoms with Gasteiger partial charge in [0.25, 0.3) is 11.8 Å². The first-order valence-corrected chi connectivity index (χ1v) is 13.3. The summed E-state index contributed by atoms with van der Waals surface area (Å²) in [6, 6.07) is 7.58. The van der Waals surface area contributed by atoms with Crippen LogP contribution < -0.4 is 15.4 Å². The van der Waals surface area contributed by atoms with Gasteiger partial charge < -0.3 is 15.0 Å². The summed E-state index contributed by atoms with van der Waals surface area (Å²) in [4.78, 5) is 40.5. The number of alkyl halides is 3. The van der Waals surface area contributed by atoms with Crippen LogP contribution in [0, 0.1) is 11.7 Å². The van der Waals surface area contributed by atoms with Crippen molar-refractivity contribution in [2.75, 3.05) is 4.90 Å². The van der Waals surface area contributed by atoms with E-state index >= 15 is 0 Å². The smallest absolute Gasteiger partial charge is 0.406 e. The second-order valence-corrected chi connectivity index (χ2v) is 11.1. The van der Waals surface area contributed by atoms with Crippen LogP contribution in [0.3, 0.4) is 0 Å². The minimum absolute atomic E-state index is 0.0128. The summed E-state index contributed by atoms with van der Waals surface area (Å²) in [5.74, 6) is -1.09. The van der Waals surface area contributed by atoms with Gasteiger partial charge in [-0.25, -0.2) is 14.4 Å². The first-order valence-electron chi connectivity index (χ1n) is 13.3. The van der Waals surface area contributed by atoms with Gasteiger partial charge in [-0.1, -0.05) is 6.07 Å². The number of anilines is 1. The van der Waals surface area contributed by atoms with Crippen molar-refractivity contribution in [2.24, 2.45) is 11.7 Å². The largest absolute Gasteiger partial charge is 0.476 e. The van der Waals surface area contributed by atoms with Crippen LogP contribution in [-0.2, 0) is 24.3 Å². The summed E-state index contributed by atoms with van der Waals surface area (Å²) in [6.45, 7) is 1.94. The maximum Gasteiger partial charge on any atom is 0.406 e. The number of ether oxygens (including phenoxy) is 1. The molecule has 4 aromatic rings. The number of aromatic nitrogens is 4. The van der Waals surface area contributed by atoms with Gasteiger partial charge in [0.2, 0.25) is 0 Å². The average Bonchev–Trinajstić information content (AvgIpc) is 3.64. The van der Waals surface area contributed by atoms with E-state index < -0.39 is 30.0 Å². The van der Waals surface area contributed by atoms with Crippen molar-refractivity contribution in [2.45, 2.75) is 58.0 Å². The molecule has 0 radical (unpaired) electrons. The van der Waals surface area contributed by atoms with Crippen molar-refractivity contribution in [3.05, 3.63) is 65.6 Å². The van der Waals surface area contributed by atoms with E-state index in [9.17, 15) is 27.2 Å². The molecule has 0 atom stereocenters. The highest BCUT2D eigenvalue weighted by molar-refractivity contribution is 6.08. The van der Waals surface area contributed by atoms with Gasteiger partial charge in [0.15, 0.2) is 11.2 Å². The minimum Gasteiger partial charge on any atom is -0.476 e. The van der Waals surface area contributed by atoms with Crippen molar-refractivity contribution in [1.82, 2.24) is 19.5 Å². The number of nitrogens with two attached hydrogens (primary N) is 1. The number of hydrogen-bond acceptors (Lipinski definition) is 6. The fourth-order valence-electron chi connectivity index (χ4n) is 5.26. The van der Waals surface area contributed by atoms with Gasteiger partial charge >= 0.3 is 6.18 Å². The highest BCUT2D eigenvalue weighted by Gasteiger charge is 2.41. The SMILES string of the molecule is CC1(C)Oc2cc(-c3c(C(N)=O)c(CC4CC4)nc4c3ncn4CC(F)(F)F)ccc2N(Cc2ccc(F)cn2)C1=O. The normalized spacial score (nSPS) is 16.4. The first kappa shape index (κ1) is 27.6. The molecule has 2 N–H and O–H groups in total. The molecular weight excluding hydrogens is 556 g/mol. The summed E-state index contributed by atoms with van der Waals surface area (Å²) in [5, 5.41) is 0. The molecule has 4 heterocycles. The molecule has 42 heavy (non-hydrogen) atoms. The number of carbonyl (C=O) groups is 2. The molecule has 1 fully saturated rings. The monoisotopic (exact) mass is 582 g/mol. The molecule has 1 aromatic carbocycles. The summed E-state index contributed by atoms with van der Waals surface area (Å²) in [6.07, 6.45) is -0.177. The molecule has 6 rings (SSSR count). The molecule has 1 saturated carbocycles. The van der Waals surface area contributed by atoms with Crippen LogP contribution >= 0.6 is 0 Å². The zero-order chi connectivity index (χ0) is 30.0.